The van der Waals surface area contributed by atoms with Crippen LogP contribution in [-0.4, -0.2) is 72.8 Å². The second-order valence-electron chi connectivity index (χ2n) is 10.6. The molecule has 0 radical (unpaired) electrons. The molecule has 12 heteroatoms. The molecule has 2 N–H and O–H groups in total. The second kappa shape index (κ2) is 12.2. The van der Waals surface area contributed by atoms with E-state index in [1.807, 2.05) is 0 Å². The van der Waals surface area contributed by atoms with Gasteiger partial charge in [0.25, 0.3) is 17.4 Å². The largest absolute Gasteiger partial charge is 0.490 e. The molecule has 1 saturated carbocycles. The van der Waals surface area contributed by atoms with Crippen LogP contribution in [0.1, 0.15) is 54.4 Å². The SMILES string of the molecule is CN(C)C(=O)c1ccc(N2CCC(CCCNC(=O)C(O)(c3cccc(OC4CC4)c3)C(F)(F)F)CC2)nc1Cl. The monoisotopic (exact) mass is 582 g/mol. The number of piperidine rings is 1. The van der Waals surface area contributed by atoms with Crippen LogP contribution in [-0.2, 0) is 10.4 Å². The molecule has 0 spiro atoms. The number of halogens is 4. The summed E-state index contributed by atoms with van der Waals surface area (Å²) in [5.41, 5.74) is -3.91. The maximum atomic E-state index is 14.0. The van der Waals surface area contributed by atoms with Crippen LogP contribution in [0.2, 0.25) is 5.15 Å². The average Bonchev–Trinajstić information content (AvgIpc) is 3.73. The molecule has 1 atom stereocenters. The molecule has 1 saturated heterocycles. The predicted octanol–water partition coefficient (Wildman–Crippen LogP) is 4.54. The number of amides is 2. The number of nitrogens with zero attached hydrogens (tertiary/aromatic N) is 3. The molecule has 218 valence electrons. The minimum atomic E-state index is -5.21. The van der Waals surface area contributed by atoms with Crippen molar-refractivity contribution >= 4 is 29.2 Å². The summed E-state index contributed by atoms with van der Waals surface area (Å²) >= 11 is 6.24. The summed E-state index contributed by atoms with van der Waals surface area (Å²) in [7, 11) is 3.28. The Morgan fingerprint density at radius 3 is 2.45 bits per heavy atom. The Hall–Kier alpha value is -3.05. The fourth-order valence-electron chi connectivity index (χ4n) is 4.77. The topological polar surface area (TPSA) is 95.0 Å². The van der Waals surface area contributed by atoms with Crippen molar-refractivity contribution < 1.29 is 32.6 Å². The molecule has 2 aliphatic rings. The zero-order valence-electron chi connectivity index (χ0n) is 22.5. The van der Waals surface area contributed by atoms with Crippen molar-refractivity contribution in [2.75, 3.05) is 38.6 Å². The Morgan fingerprint density at radius 1 is 1.15 bits per heavy atom. The number of anilines is 1. The van der Waals surface area contributed by atoms with E-state index in [0.717, 1.165) is 37.8 Å². The summed E-state index contributed by atoms with van der Waals surface area (Å²) < 4.78 is 47.4. The van der Waals surface area contributed by atoms with Crippen LogP contribution in [0.5, 0.6) is 5.75 Å². The van der Waals surface area contributed by atoms with Gasteiger partial charge in [-0.15, -0.1) is 0 Å². The standard InChI is InChI=1S/C28H34ClF3N4O4/c1-35(2)25(37)22-10-11-23(34-24(22)29)36-15-12-18(13-16-36)5-4-14-33-26(38)27(39,28(30,31)32)19-6-3-7-21(17-19)40-20-8-9-20/h3,6-7,10-11,17-18,20,39H,4-5,8-9,12-16H2,1-2H3,(H,33,38). The maximum Gasteiger partial charge on any atom is 0.430 e. The third-order valence-electron chi connectivity index (χ3n) is 7.30. The molecule has 1 aromatic heterocycles. The first-order valence-corrected chi connectivity index (χ1v) is 13.8. The lowest BCUT2D eigenvalue weighted by molar-refractivity contribution is -0.257. The molecule has 1 aromatic carbocycles. The smallest absolute Gasteiger partial charge is 0.430 e. The lowest BCUT2D eigenvalue weighted by atomic mass is 9.91. The molecule has 1 unspecified atom stereocenters. The Kier molecular flexibility index (Phi) is 9.14. The van der Waals surface area contributed by atoms with Crippen molar-refractivity contribution in [2.24, 2.45) is 5.92 Å². The van der Waals surface area contributed by atoms with E-state index in [4.69, 9.17) is 16.3 Å². The number of rotatable bonds is 10. The fraction of sp³-hybridized carbons (Fsp3) is 0.536. The number of carbonyl (C=O) groups is 2. The zero-order valence-corrected chi connectivity index (χ0v) is 23.3. The van der Waals surface area contributed by atoms with E-state index in [9.17, 15) is 27.9 Å². The number of hydrogen-bond acceptors (Lipinski definition) is 6. The number of pyridine rings is 1. The molecule has 2 amide bonds. The van der Waals surface area contributed by atoms with Gasteiger partial charge in [0, 0.05) is 39.3 Å². The quantitative estimate of drug-likeness (QED) is 0.315. The highest BCUT2D eigenvalue weighted by Gasteiger charge is 2.60. The summed E-state index contributed by atoms with van der Waals surface area (Å²) in [6, 6.07) is 8.44. The minimum Gasteiger partial charge on any atom is -0.490 e. The lowest BCUT2D eigenvalue weighted by Crippen LogP contribution is -2.54. The van der Waals surface area contributed by atoms with E-state index in [-0.39, 0.29) is 29.5 Å². The van der Waals surface area contributed by atoms with E-state index in [1.165, 1.54) is 17.0 Å². The highest BCUT2D eigenvalue weighted by Crippen LogP contribution is 2.41. The van der Waals surface area contributed by atoms with Crippen molar-refractivity contribution in [1.29, 1.82) is 0 Å². The summed E-state index contributed by atoms with van der Waals surface area (Å²) in [6.45, 7) is 1.44. The van der Waals surface area contributed by atoms with Crippen LogP contribution in [0.25, 0.3) is 0 Å². The first-order valence-electron chi connectivity index (χ1n) is 13.4. The third-order valence-corrected chi connectivity index (χ3v) is 7.59. The molecule has 8 nitrogen and oxygen atoms in total. The van der Waals surface area contributed by atoms with Gasteiger partial charge in [0.15, 0.2) is 0 Å². The van der Waals surface area contributed by atoms with Crippen LogP contribution in [0, 0.1) is 5.92 Å². The van der Waals surface area contributed by atoms with E-state index in [2.05, 4.69) is 15.2 Å². The number of ether oxygens (including phenoxy) is 1. The normalized spacial score (nSPS) is 17.7. The first-order chi connectivity index (χ1) is 18.9. The van der Waals surface area contributed by atoms with Crippen molar-refractivity contribution in [3.8, 4) is 5.75 Å². The summed E-state index contributed by atoms with van der Waals surface area (Å²) in [6.07, 6.45) is -0.734. The number of hydrogen-bond donors (Lipinski definition) is 2. The molecular formula is C28H34ClF3N4O4. The number of alkyl halides is 3. The van der Waals surface area contributed by atoms with Crippen LogP contribution in [0.4, 0.5) is 19.0 Å². The van der Waals surface area contributed by atoms with Crippen LogP contribution >= 0.6 is 11.6 Å². The number of benzene rings is 1. The second-order valence-corrected chi connectivity index (χ2v) is 10.9. The van der Waals surface area contributed by atoms with Crippen LogP contribution in [0.3, 0.4) is 0 Å². The maximum absolute atomic E-state index is 14.0. The molecule has 2 heterocycles. The van der Waals surface area contributed by atoms with E-state index in [1.54, 1.807) is 26.2 Å². The van der Waals surface area contributed by atoms with Crippen LogP contribution < -0.4 is 15.0 Å². The highest BCUT2D eigenvalue weighted by molar-refractivity contribution is 6.32. The van der Waals surface area contributed by atoms with Gasteiger partial charge in [0.1, 0.15) is 16.7 Å². The van der Waals surface area contributed by atoms with Crippen LogP contribution in [0.15, 0.2) is 36.4 Å². The van der Waals surface area contributed by atoms with E-state index < -0.39 is 23.2 Å². The molecule has 1 aliphatic heterocycles. The Labute approximate surface area is 236 Å². The van der Waals surface area contributed by atoms with Crippen molar-refractivity contribution in [3.05, 3.63) is 52.7 Å². The van der Waals surface area contributed by atoms with Gasteiger partial charge in [-0.25, -0.2) is 4.98 Å². The molecule has 1 aliphatic carbocycles. The van der Waals surface area contributed by atoms with Gasteiger partial charge in [-0.1, -0.05) is 23.7 Å². The zero-order chi connectivity index (χ0) is 29.1. The summed E-state index contributed by atoms with van der Waals surface area (Å²) in [5, 5.41) is 13.0. The van der Waals surface area contributed by atoms with Gasteiger partial charge >= 0.3 is 6.18 Å². The molecule has 2 fully saturated rings. The number of aliphatic hydroxyl groups is 1. The van der Waals surface area contributed by atoms with Gasteiger partial charge in [-0.3, -0.25) is 9.59 Å². The molecule has 40 heavy (non-hydrogen) atoms. The highest BCUT2D eigenvalue weighted by atomic mass is 35.5. The molecule has 2 aromatic rings. The molecular weight excluding hydrogens is 549 g/mol. The third kappa shape index (κ3) is 6.80. The minimum absolute atomic E-state index is 0.00817. The summed E-state index contributed by atoms with van der Waals surface area (Å²) in [5.74, 6) is -0.519. The van der Waals surface area contributed by atoms with E-state index >= 15 is 0 Å². The average molecular weight is 583 g/mol. The van der Waals surface area contributed by atoms with E-state index in [0.29, 0.717) is 43.2 Å². The number of aromatic nitrogens is 1. The van der Waals surface area contributed by atoms with Gasteiger partial charge in [0.05, 0.1) is 11.7 Å². The first kappa shape index (κ1) is 29.9. The molecule has 4 rings (SSSR count). The van der Waals surface area contributed by atoms with Crippen molar-refractivity contribution in [3.63, 3.8) is 0 Å². The van der Waals surface area contributed by atoms with Gasteiger partial charge in [-0.05, 0) is 68.7 Å². The predicted molar refractivity (Wildman–Crippen MR) is 144 cm³/mol. The Morgan fingerprint density at radius 2 is 1.85 bits per heavy atom. The fourth-order valence-corrected chi connectivity index (χ4v) is 5.00. The summed E-state index contributed by atoms with van der Waals surface area (Å²) in [4.78, 5) is 32.7. The Balaban J connectivity index is 1.26. The van der Waals surface area contributed by atoms with Crippen molar-refractivity contribution in [2.45, 2.75) is 56.4 Å². The van der Waals surface area contributed by atoms with Gasteiger partial charge in [0.2, 0.25) is 0 Å². The van der Waals surface area contributed by atoms with Crippen molar-refractivity contribution in [1.82, 2.24) is 15.2 Å². The van der Waals surface area contributed by atoms with Gasteiger partial charge in [-0.2, -0.15) is 13.2 Å². The molecule has 0 bridgehead atoms. The Bertz CT molecular complexity index is 1220. The number of nitrogens with one attached hydrogen (secondary N) is 1. The lowest BCUT2D eigenvalue weighted by Gasteiger charge is -2.33. The number of carbonyl (C=O) groups excluding carboxylic acids is 2. The van der Waals surface area contributed by atoms with Gasteiger partial charge < -0.3 is 25.0 Å².